The lowest BCUT2D eigenvalue weighted by Gasteiger charge is -2.06. The minimum Gasteiger partial charge on any atom is -0.223 e. The molecule has 0 saturated heterocycles. The number of rotatable bonds is 6. The van der Waals surface area contributed by atoms with Crippen LogP contribution in [0.3, 0.4) is 0 Å². The van der Waals surface area contributed by atoms with Gasteiger partial charge < -0.3 is 0 Å². The van der Waals surface area contributed by atoms with Crippen LogP contribution in [-0.4, -0.2) is 14.2 Å². The summed E-state index contributed by atoms with van der Waals surface area (Å²) in [5.41, 5.74) is 4.28. The Morgan fingerprint density at radius 2 is 1.76 bits per heavy atom. The minimum atomic E-state index is -3.35. The molecule has 0 bridgehead atoms. The van der Waals surface area contributed by atoms with E-state index in [0.717, 1.165) is 5.56 Å². The topological polar surface area (TPSA) is 34.1 Å². The fourth-order valence-corrected chi connectivity index (χ4v) is 3.28. The van der Waals surface area contributed by atoms with Crippen molar-refractivity contribution in [2.24, 2.45) is 0 Å². The molecule has 21 heavy (non-hydrogen) atoms. The van der Waals surface area contributed by atoms with Gasteiger partial charge in [0.15, 0.2) is 9.84 Å². The Morgan fingerprint density at radius 1 is 1.14 bits per heavy atom. The van der Waals surface area contributed by atoms with Crippen LogP contribution >= 0.6 is 11.6 Å². The van der Waals surface area contributed by atoms with Crippen LogP contribution in [0.5, 0.6) is 0 Å². The largest absolute Gasteiger partial charge is 0.223 e. The zero-order chi connectivity index (χ0) is 15.9. The van der Waals surface area contributed by atoms with Crippen molar-refractivity contribution in [3.63, 3.8) is 0 Å². The SMILES string of the molecule is CC(C)=CC/C=C(\C=C/Cl)CS(=O)(=O)c1ccc(C)cc1. The number of sulfone groups is 1. The van der Waals surface area contributed by atoms with Crippen molar-refractivity contribution in [3.05, 3.63) is 64.7 Å². The van der Waals surface area contributed by atoms with Crippen LogP contribution < -0.4 is 0 Å². The van der Waals surface area contributed by atoms with Gasteiger partial charge in [-0.1, -0.05) is 47.0 Å². The third-order valence-electron chi connectivity index (χ3n) is 2.92. The van der Waals surface area contributed by atoms with Gasteiger partial charge in [-0.25, -0.2) is 8.42 Å². The highest BCUT2D eigenvalue weighted by Gasteiger charge is 2.15. The molecule has 0 radical (unpaired) electrons. The van der Waals surface area contributed by atoms with E-state index in [4.69, 9.17) is 11.6 Å². The van der Waals surface area contributed by atoms with Crippen LogP contribution in [0.25, 0.3) is 0 Å². The minimum absolute atomic E-state index is 0.0458. The highest BCUT2D eigenvalue weighted by molar-refractivity contribution is 7.91. The molecule has 0 amide bonds. The third-order valence-corrected chi connectivity index (χ3v) is 4.75. The number of hydrogen-bond acceptors (Lipinski definition) is 2. The molecule has 0 N–H and O–H groups in total. The molecule has 0 unspecified atom stereocenters. The summed E-state index contributed by atoms with van der Waals surface area (Å²) < 4.78 is 24.8. The highest BCUT2D eigenvalue weighted by Crippen LogP contribution is 2.16. The van der Waals surface area contributed by atoms with E-state index in [1.165, 1.54) is 11.1 Å². The molecule has 1 aromatic carbocycles. The van der Waals surface area contributed by atoms with Gasteiger partial charge >= 0.3 is 0 Å². The molecule has 1 rings (SSSR count). The summed E-state index contributed by atoms with van der Waals surface area (Å²) >= 11 is 5.60. The average molecular weight is 325 g/mol. The van der Waals surface area contributed by atoms with E-state index in [9.17, 15) is 8.42 Å². The van der Waals surface area contributed by atoms with Crippen LogP contribution in [0.2, 0.25) is 0 Å². The molecule has 0 heterocycles. The van der Waals surface area contributed by atoms with E-state index < -0.39 is 9.84 Å². The number of hydrogen-bond donors (Lipinski definition) is 0. The second-order valence-corrected chi connectivity index (χ2v) is 7.40. The van der Waals surface area contributed by atoms with E-state index >= 15 is 0 Å². The lowest BCUT2D eigenvalue weighted by atomic mass is 10.2. The smallest absolute Gasteiger partial charge is 0.182 e. The van der Waals surface area contributed by atoms with Gasteiger partial charge in [0.25, 0.3) is 0 Å². The van der Waals surface area contributed by atoms with Crippen molar-refractivity contribution in [3.8, 4) is 0 Å². The maximum Gasteiger partial charge on any atom is 0.182 e. The molecule has 0 spiro atoms. The summed E-state index contributed by atoms with van der Waals surface area (Å²) in [5.74, 6) is -0.0458. The summed E-state index contributed by atoms with van der Waals surface area (Å²) in [4.78, 5) is 0.337. The summed E-state index contributed by atoms with van der Waals surface area (Å²) in [7, 11) is -3.35. The molecule has 0 aliphatic carbocycles. The number of allylic oxidation sites excluding steroid dienone is 4. The van der Waals surface area contributed by atoms with Crippen molar-refractivity contribution in [1.29, 1.82) is 0 Å². The standard InChI is InChI=1S/C17H21ClO2S/c1-14(2)5-4-6-16(11-12-18)13-21(19,20)17-9-7-15(3)8-10-17/h5-12H,4,13H2,1-3H3/b12-11-,16-6+. The Morgan fingerprint density at radius 3 is 2.29 bits per heavy atom. The number of benzene rings is 1. The van der Waals surface area contributed by atoms with E-state index in [0.29, 0.717) is 16.9 Å². The molecule has 1 aromatic rings. The molecule has 2 nitrogen and oxygen atoms in total. The van der Waals surface area contributed by atoms with Gasteiger partial charge in [-0.2, -0.15) is 0 Å². The van der Waals surface area contributed by atoms with E-state index in [-0.39, 0.29) is 5.75 Å². The van der Waals surface area contributed by atoms with E-state index in [1.807, 2.05) is 32.9 Å². The molecule has 0 saturated carbocycles. The van der Waals surface area contributed by atoms with Crippen molar-refractivity contribution in [2.75, 3.05) is 5.75 Å². The predicted molar refractivity (Wildman–Crippen MR) is 90.4 cm³/mol. The predicted octanol–water partition coefficient (Wildman–Crippen LogP) is 4.80. The molecule has 0 aromatic heterocycles. The lowest BCUT2D eigenvalue weighted by molar-refractivity contribution is 0.598. The third kappa shape index (κ3) is 6.32. The number of halogens is 1. The van der Waals surface area contributed by atoms with Crippen molar-refractivity contribution in [1.82, 2.24) is 0 Å². The van der Waals surface area contributed by atoms with Gasteiger partial charge in [0.2, 0.25) is 0 Å². The van der Waals surface area contributed by atoms with Crippen LogP contribution in [0.1, 0.15) is 25.8 Å². The Kier molecular flexibility index (Phi) is 6.93. The average Bonchev–Trinajstić information content (AvgIpc) is 2.38. The summed E-state index contributed by atoms with van der Waals surface area (Å²) in [6.45, 7) is 5.94. The van der Waals surface area contributed by atoms with Crippen LogP contribution in [0.15, 0.2) is 64.1 Å². The Hall–Kier alpha value is -1.32. The van der Waals surface area contributed by atoms with Crippen LogP contribution in [0, 0.1) is 6.92 Å². The number of aryl methyl sites for hydroxylation is 1. The van der Waals surface area contributed by atoms with Gasteiger partial charge in [-0.3, -0.25) is 0 Å². The highest BCUT2D eigenvalue weighted by atomic mass is 35.5. The quantitative estimate of drug-likeness (QED) is 0.556. The summed E-state index contributed by atoms with van der Waals surface area (Å²) in [5, 5.41) is 0. The van der Waals surface area contributed by atoms with Crippen molar-refractivity contribution in [2.45, 2.75) is 32.1 Å². The molecule has 4 heteroatoms. The molecule has 114 valence electrons. The molecule has 0 aliphatic heterocycles. The first-order valence-corrected chi connectivity index (χ1v) is 8.82. The normalized spacial score (nSPS) is 12.7. The zero-order valence-electron chi connectivity index (χ0n) is 12.6. The molecule has 0 atom stereocenters. The first-order chi connectivity index (χ1) is 9.85. The van der Waals surface area contributed by atoms with Crippen molar-refractivity contribution >= 4 is 21.4 Å². The molecular formula is C17H21ClO2S. The second kappa shape index (κ2) is 8.20. The van der Waals surface area contributed by atoms with Gasteiger partial charge in [0, 0.05) is 5.54 Å². The first-order valence-electron chi connectivity index (χ1n) is 6.74. The first kappa shape index (κ1) is 17.7. The van der Waals surface area contributed by atoms with E-state index in [1.54, 1.807) is 30.3 Å². The monoisotopic (exact) mass is 324 g/mol. The lowest BCUT2D eigenvalue weighted by Crippen LogP contribution is -2.08. The Labute approximate surface area is 132 Å². The van der Waals surface area contributed by atoms with Crippen LogP contribution in [-0.2, 0) is 9.84 Å². The zero-order valence-corrected chi connectivity index (χ0v) is 14.2. The van der Waals surface area contributed by atoms with Gasteiger partial charge in [0.1, 0.15) is 0 Å². The summed E-state index contributed by atoms with van der Waals surface area (Å²) in [6.07, 6.45) is 6.26. The van der Waals surface area contributed by atoms with Crippen molar-refractivity contribution < 1.29 is 8.42 Å². The second-order valence-electron chi connectivity index (χ2n) is 5.16. The Bertz CT molecular complexity index is 647. The molecule has 0 fully saturated rings. The molecule has 0 aliphatic rings. The fourth-order valence-electron chi connectivity index (χ4n) is 1.75. The van der Waals surface area contributed by atoms with Gasteiger partial charge in [-0.05, 0) is 51.0 Å². The molecular weight excluding hydrogens is 304 g/mol. The van der Waals surface area contributed by atoms with Gasteiger partial charge in [-0.15, -0.1) is 0 Å². The van der Waals surface area contributed by atoms with Gasteiger partial charge in [0.05, 0.1) is 10.6 Å². The van der Waals surface area contributed by atoms with Crippen LogP contribution in [0.4, 0.5) is 0 Å². The van der Waals surface area contributed by atoms with E-state index in [2.05, 4.69) is 0 Å². The Balaban J connectivity index is 2.97. The maximum absolute atomic E-state index is 12.4. The fraction of sp³-hybridized carbons (Fsp3) is 0.294. The summed E-state index contributed by atoms with van der Waals surface area (Å²) in [6, 6.07) is 6.89. The maximum atomic E-state index is 12.4.